The number of hydrogen-bond donors (Lipinski definition) is 1. The molecule has 0 amide bonds. The highest BCUT2D eigenvalue weighted by molar-refractivity contribution is 7.98. The van der Waals surface area contributed by atoms with Crippen LogP contribution >= 0.6 is 23.4 Å². The Labute approximate surface area is 185 Å². The van der Waals surface area contributed by atoms with Gasteiger partial charge in [-0.25, -0.2) is 4.98 Å². The fourth-order valence-corrected chi connectivity index (χ4v) is 3.56. The quantitative estimate of drug-likeness (QED) is 0.340. The van der Waals surface area contributed by atoms with Gasteiger partial charge in [-0.1, -0.05) is 23.4 Å². The van der Waals surface area contributed by atoms with E-state index in [0.717, 1.165) is 5.56 Å². The normalized spacial score (nSPS) is 10.6. The van der Waals surface area contributed by atoms with Crippen molar-refractivity contribution in [1.29, 1.82) is 5.26 Å². The van der Waals surface area contributed by atoms with Gasteiger partial charge in [0.1, 0.15) is 17.4 Å². The third kappa shape index (κ3) is 4.60. The molecular formula is C21H14ClN5O3S. The highest BCUT2D eigenvalue weighted by Crippen LogP contribution is 2.26. The summed E-state index contributed by atoms with van der Waals surface area (Å²) >= 11 is 7.11. The van der Waals surface area contributed by atoms with Crippen molar-refractivity contribution in [3.05, 3.63) is 75.4 Å². The van der Waals surface area contributed by atoms with Crippen LogP contribution in [0.15, 0.2) is 62.9 Å². The summed E-state index contributed by atoms with van der Waals surface area (Å²) in [4.78, 5) is 19.5. The maximum absolute atomic E-state index is 12.4. The Kier molecular flexibility index (Phi) is 6.02. The van der Waals surface area contributed by atoms with Crippen molar-refractivity contribution < 1.29 is 9.15 Å². The van der Waals surface area contributed by atoms with E-state index in [1.54, 1.807) is 55.6 Å². The molecule has 4 aromatic rings. The molecule has 10 heteroatoms. The molecule has 0 aliphatic rings. The van der Waals surface area contributed by atoms with Gasteiger partial charge in [-0.2, -0.15) is 5.26 Å². The Bertz CT molecular complexity index is 1310. The number of ether oxygens (including phenoxy) is 1. The molecule has 2 aromatic carbocycles. The Morgan fingerprint density at radius 1 is 1.13 bits per heavy atom. The van der Waals surface area contributed by atoms with Crippen LogP contribution in [0.4, 0.5) is 0 Å². The molecule has 31 heavy (non-hydrogen) atoms. The van der Waals surface area contributed by atoms with Crippen molar-refractivity contribution in [2.24, 2.45) is 0 Å². The number of aromatic amines is 1. The van der Waals surface area contributed by atoms with Crippen LogP contribution in [0, 0.1) is 11.3 Å². The lowest BCUT2D eigenvalue weighted by atomic mass is 10.1. The van der Waals surface area contributed by atoms with Gasteiger partial charge in [0, 0.05) is 16.1 Å². The lowest BCUT2D eigenvalue weighted by Gasteiger charge is -2.07. The van der Waals surface area contributed by atoms with Gasteiger partial charge >= 0.3 is 0 Å². The molecule has 0 aliphatic carbocycles. The van der Waals surface area contributed by atoms with Crippen molar-refractivity contribution in [3.63, 3.8) is 0 Å². The van der Waals surface area contributed by atoms with E-state index < -0.39 is 5.56 Å². The second kappa shape index (κ2) is 9.04. The first-order valence-electron chi connectivity index (χ1n) is 8.97. The second-order valence-corrected chi connectivity index (χ2v) is 7.63. The van der Waals surface area contributed by atoms with Gasteiger partial charge in [-0.3, -0.25) is 4.79 Å². The largest absolute Gasteiger partial charge is 0.497 e. The zero-order valence-electron chi connectivity index (χ0n) is 16.1. The van der Waals surface area contributed by atoms with Crippen molar-refractivity contribution >= 4 is 23.4 Å². The number of aromatic nitrogens is 4. The summed E-state index contributed by atoms with van der Waals surface area (Å²) in [6.07, 6.45) is 0. The van der Waals surface area contributed by atoms with Crippen LogP contribution < -0.4 is 10.3 Å². The van der Waals surface area contributed by atoms with E-state index in [-0.39, 0.29) is 11.3 Å². The summed E-state index contributed by atoms with van der Waals surface area (Å²) in [5.41, 5.74) is 1.10. The number of halogens is 1. The molecule has 0 saturated carbocycles. The van der Waals surface area contributed by atoms with Crippen molar-refractivity contribution in [2.75, 3.05) is 7.11 Å². The molecule has 1 N–H and O–H groups in total. The molecule has 2 heterocycles. The maximum atomic E-state index is 12.4. The van der Waals surface area contributed by atoms with Gasteiger partial charge in [0.25, 0.3) is 5.56 Å². The Balaban J connectivity index is 1.56. The minimum Gasteiger partial charge on any atom is -0.497 e. The number of rotatable bonds is 6. The predicted molar refractivity (Wildman–Crippen MR) is 116 cm³/mol. The molecule has 0 unspecified atom stereocenters. The van der Waals surface area contributed by atoms with E-state index in [1.807, 2.05) is 6.07 Å². The van der Waals surface area contributed by atoms with Crippen molar-refractivity contribution in [1.82, 2.24) is 20.2 Å². The highest BCUT2D eigenvalue weighted by atomic mass is 35.5. The number of methoxy groups -OCH3 is 1. The number of nitrogens with zero attached hydrogens (tertiary/aromatic N) is 4. The molecule has 0 aliphatic heterocycles. The molecule has 0 radical (unpaired) electrons. The van der Waals surface area contributed by atoms with Crippen LogP contribution in [-0.4, -0.2) is 27.3 Å². The topological polar surface area (TPSA) is 118 Å². The Morgan fingerprint density at radius 2 is 1.84 bits per heavy atom. The van der Waals surface area contributed by atoms with Crippen LogP contribution in [0.3, 0.4) is 0 Å². The summed E-state index contributed by atoms with van der Waals surface area (Å²) in [6, 6.07) is 15.9. The summed E-state index contributed by atoms with van der Waals surface area (Å²) in [5.74, 6) is 1.69. The number of nitriles is 1. The van der Waals surface area contributed by atoms with Gasteiger partial charge in [0.05, 0.1) is 18.6 Å². The molecule has 0 saturated heterocycles. The molecule has 2 aromatic heterocycles. The summed E-state index contributed by atoms with van der Waals surface area (Å²) < 4.78 is 10.8. The smallest absolute Gasteiger partial charge is 0.270 e. The molecule has 0 bridgehead atoms. The first-order valence-corrected chi connectivity index (χ1v) is 10.3. The van der Waals surface area contributed by atoms with E-state index in [2.05, 4.69) is 20.2 Å². The van der Waals surface area contributed by atoms with E-state index in [0.29, 0.717) is 39.0 Å². The number of nitrogens with one attached hydrogen (secondary N) is 1. The highest BCUT2D eigenvalue weighted by Gasteiger charge is 2.15. The van der Waals surface area contributed by atoms with E-state index in [4.69, 9.17) is 20.8 Å². The third-order valence-corrected chi connectivity index (χ3v) is 5.37. The van der Waals surface area contributed by atoms with E-state index in [9.17, 15) is 10.1 Å². The lowest BCUT2D eigenvalue weighted by Crippen LogP contribution is -2.14. The van der Waals surface area contributed by atoms with Crippen LogP contribution in [-0.2, 0) is 5.75 Å². The molecule has 0 spiro atoms. The fourth-order valence-electron chi connectivity index (χ4n) is 2.73. The minimum absolute atomic E-state index is 0.0580. The fraction of sp³-hybridized carbons (Fsp3) is 0.0952. The molecule has 154 valence electrons. The summed E-state index contributed by atoms with van der Waals surface area (Å²) in [5, 5.41) is 18.4. The van der Waals surface area contributed by atoms with Crippen LogP contribution in [0.2, 0.25) is 5.02 Å². The average molecular weight is 452 g/mol. The van der Waals surface area contributed by atoms with E-state index >= 15 is 0 Å². The maximum Gasteiger partial charge on any atom is 0.270 e. The zero-order chi connectivity index (χ0) is 21.8. The third-order valence-electron chi connectivity index (χ3n) is 4.26. The SMILES string of the molecule is COc1ccc(-c2nc(SCc3nnc(-c4ccc(Cl)cc4)o3)[nH]c(=O)c2C#N)cc1. The number of hydrogen-bond acceptors (Lipinski definition) is 8. The second-order valence-electron chi connectivity index (χ2n) is 6.23. The van der Waals surface area contributed by atoms with Gasteiger partial charge in [-0.15, -0.1) is 10.2 Å². The van der Waals surface area contributed by atoms with Gasteiger partial charge in [0.2, 0.25) is 11.8 Å². The van der Waals surface area contributed by atoms with Crippen molar-refractivity contribution in [3.8, 4) is 34.5 Å². The minimum atomic E-state index is -0.516. The molecular weight excluding hydrogens is 438 g/mol. The molecule has 0 fully saturated rings. The molecule has 4 rings (SSSR count). The molecule has 8 nitrogen and oxygen atoms in total. The number of benzene rings is 2. The standard InChI is InChI=1S/C21H14ClN5O3S/c1-29-15-8-4-12(5-9-15)18-16(10-23)19(28)25-21(24-18)31-11-17-26-27-20(30-17)13-2-6-14(22)7-3-13/h2-9H,11H2,1H3,(H,24,25,28). The lowest BCUT2D eigenvalue weighted by molar-refractivity contribution is 0.415. The Hall–Kier alpha value is -3.61. The monoisotopic (exact) mass is 451 g/mol. The number of thioether (sulfide) groups is 1. The zero-order valence-corrected chi connectivity index (χ0v) is 17.7. The van der Waals surface area contributed by atoms with Crippen LogP contribution in [0.25, 0.3) is 22.7 Å². The number of H-pyrrole nitrogens is 1. The van der Waals surface area contributed by atoms with Crippen LogP contribution in [0.1, 0.15) is 11.5 Å². The van der Waals surface area contributed by atoms with Crippen LogP contribution in [0.5, 0.6) is 5.75 Å². The van der Waals surface area contributed by atoms with Gasteiger partial charge in [0.15, 0.2) is 5.16 Å². The predicted octanol–water partition coefficient (Wildman–Crippen LogP) is 4.31. The first kappa shape index (κ1) is 20.7. The summed E-state index contributed by atoms with van der Waals surface area (Å²) in [7, 11) is 1.56. The van der Waals surface area contributed by atoms with Gasteiger partial charge in [-0.05, 0) is 48.5 Å². The van der Waals surface area contributed by atoms with Gasteiger partial charge < -0.3 is 14.1 Å². The first-order chi connectivity index (χ1) is 15.1. The van der Waals surface area contributed by atoms with Crippen molar-refractivity contribution in [2.45, 2.75) is 10.9 Å². The summed E-state index contributed by atoms with van der Waals surface area (Å²) in [6.45, 7) is 0. The average Bonchev–Trinajstić information content (AvgIpc) is 3.27. The molecule has 0 atom stereocenters. The van der Waals surface area contributed by atoms with E-state index in [1.165, 1.54) is 11.8 Å². The Morgan fingerprint density at radius 3 is 2.52 bits per heavy atom.